The van der Waals surface area contributed by atoms with Crippen molar-refractivity contribution in [3.05, 3.63) is 29.8 Å². The number of carbonyl (C=O) groups excluding carboxylic acids is 1. The summed E-state index contributed by atoms with van der Waals surface area (Å²) >= 11 is 0. The van der Waals surface area contributed by atoms with Gasteiger partial charge in [-0.1, -0.05) is 32.0 Å². The zero-order chi connectivity index (χ0) is 13.5. The summed E-state index contributed by atoms with van der Waals surface area (Å²) in [7, 11) is 1.63. The number of nitrogens with two attached hydrogens (primary N) is 1. The molecule has 0 heterocycles. The molecular weight excluding hydrogens is 228 g/mol. The molecule has 0 aromatic heterocycles. The van der Waals surface area contributed by atoms with Crippen LogP contribution in [-0.4, -0.2) is 19.1 Å². The van der Waals surface area contributed by atoms with E-state index in [1.807, 2.05) is 38.1 Å². The van der Waals surface area contributed by atoms with E-state index in [1.165, 1.54) is 0 Å². The Morgan fingerprint density at radius 2 is 2.06 bits per heavy atom. The third kappa shape index (κ3) is 4.47. The SMILES string of the molecule is COCc1ccccc1NC(=O)CC(N)C(C)C. The van der Waals surface area contributed by atoms with Gasteiger partial charge in [0, 0.05) is 30.8 Å². The predicted octanol–water partition coefficient (Wildman–Crippen LogP) is 2.14. The van der Waals surface area contributed by atoms with Crippen LogP contribution >= 0.6 is 0 Å². The minimum absolute atomic E-state index is 0.0558. The minimum Gasteiger partial charge on any atom is -0.380 e. The minimum atomic E-state index is -0.111. The molecule has 4 heteroatoms. The van der Waals surface area contributed by atoms with Gasteiger partial charge in [0.05, 0.1) is 6.61 Å². The van der Waals surface area contributed by atoms with Crippen LogP contribution in [0.4, 0.5) is 5.69 Å². The summed E-state index contributed by atoms with van der Waals surface area (Å²) in [5, 5.41) is 2.88. The number of nitrogens with one attached hydrogen (secondary N) is 1. The summed E-state index contributed by atoms with van der Waals surface area (Å²) in [5.74, 6) is 0.240. The second-order valence-electron chi connectivity index (χ2n) is 4.75. The van der Waals surface area contributed by atoms with Crippen molar-refractivity contribution >= 4 is 11.6 Å². The first-order valence-corrected chi connectivity index (χ1v) is 6.17. The van der Waals surface area contributed by atoms with Crippen LogP contribution < -0.4 is 11.1 Å². The van der Waals surface area contributed by atoms with Crippen LogP contribution in [0.15, 0.2) is 24.3 Å². The fraction of sp³-hybridized carbons (Fsp3) is 0.500. The lowest BCUT2D eigenvalue weighted by molar-refractivity contribution is -0.116. The van der Waals surface area contributed by atoms with Crippen molar-refractivity contribution < 1.29 is 9.53 Å². The molecule has 0 bridgehead atoms. The van der Waals surface area contributed by atoms with Gasteiger partial charge in [-0.3, -0.25) is 4.79 Å². The normalized spacial score (nSPS) is 12.5. The molecule has 0 spiro atoms. The molecular formula is C14H22N2O2. The van der Waals surface area contributed by atoms with Gasteiger partial charge in [-0.05, 0) is 12.0 Å². The van der Waals surface area contributed by atoms with Gasteiger partial charge in [-0.2, -0.15) is 0 Å². The Kier molecular flexibility index (Phi) is 5.82. The van der Waals surface area contributed by atoms with Crippen LogP contribution in [0.2, 0.25) is 0 Å². The van der Waals surface area contributed by atoms with Crippen molar-refractivity contribution in [1.82, 2.24) is 0 Å². The highest BCUT2D eigenvalue weighted by Crippen LogP contribution is 2.16. The summed E-state index contributed by atoms with van der Waals surface area (Å²) in [6, 6.07) is 7.50. The van der Waals surface area contributed by atoms with E-state index in [9.17, 15) is 4.79 Å². The van der Waals surface area contributed by atoms with Crippen LogP contribution in [0.5, 0.6) is 0 Å². The summed E-state index contributed by atoms with van der Waals surface area (Å²) in [6.07, 6.45) is 0.332. The van der Waals surface area contributed by atoms with Gasteiger partial charge in [-0.15, -0.1) is 0 Å². The molecule has 0 saturated heterocycles. The lowest BCUT2D eigenvalue weighted by Gasteiger charge is -2.16. The molecule has 100 valence electrons. The van der Waals surface area contributed by atoms with E-state index in [-0.39, 0.29) is 11.9 Å². The average molecular weight is 250 g/mol. The number of methoxy groups -OCH3 is 1. The second-order valence-corrected chi connectivity index (χ2v) is 4.75. The highest BCUT2D eigenvalue weighted by Gasteiger charge is 2.13. The van der Waals surface area contributed by atoms with Crippen LogP contribution in [0.1, 0.15) is 25.8 Å². The Bertz CT molecular complexity index is 391. The van der Waals surface area contributed by atoms with Crippen molar-refractivity contribution in [3.63, 3.8) is 0 Å². The Labute approximate surface area is 109 Å². The molecule has 0 saturated carbocycles. The number of para-hydroxylation sites is 1. The van der Waals surface area contributed by atoms with Crippen LogP contribution in [0, 0.1) is 5.92 Å². The number of anilines is 1. The maximum absolute atomic E-state index is 11.9. The summed E-state index contributed by atoms with van der Waals surface area (Å²) in [6.45, 7) is 4.50. The molecule has 0 radical (unpaired) electrons. The molecule has 1 amide bonds. The second kappa shape index (κ2) is 7.13. The number of benzene rings is 1. The van der Waals surface area contributed by atoms with Crippen LogP contribution in [0.25, 0.3) is 0 Å². The first-order valence-electron chi connectivity index (χ1n) is 6.17. The lowest BCUT2D eigenvalue weighted by Crippen LogP contribution is -2.31. The first kappa shape index (κ1) is 14.7. The zero-order valence-electron chi connectivity index (χ0n) is 11.3. The number of amides is 1. The van der Waals surface area contributed by atoms with Crippen molar-refractivity contribution in [1.29, 1.82) is 0 Å². The number of hydrogen-bond acceptors (Lipinski definition) is 3. The molecule has 4 nitrogen and oxygen atoms in total. The highest BCUT2D eigenvalue weighted by atomic mass is 16.5. The quantitative estimate of drug-likeness (QED) is 0.813. The predicted molar refractivity (Wildman–Crippen MR) is 73.2 cm³/mol. The van der Waals surface area contributed by atoms with Crippen molar-refractivity contribution in [2.45, 2.75) is 32.9 Å². The maximum atomic E-state index is 11.9. The number of hydrogen-bond donors (Lipinski definition) is 2. The number of carbonyl (C=O) groups is 1. The van der Waals surface area contributed by atoms with E-state index in [0.29, 0.717) is 18.9 Å². The Morgan fingerprint density at radius 3 is 2.67 bits per heavy atom. The molecule has 1 aromatic carbocycles. The van der Waals surface area contributed by atoms with E-state index in [2.05, 4.69) is 5.32 Å². The number of rotatable bonds is 6. The topological polar surface area (TPSA) is 64.3 Å². The monoisotopic (exact) mass is 250 g/mol. The third-order valence-corrected chi connectivity index (χ3v) is 2.87. The van der Waals surface area contributed by atoms with Gasteiger partial charge < -0.3 is 15.8 Å². The number of ether oxygens (including phenoxy) is 1. The molecule has 0 fully saturated rings. The molecule has 0 aliphatic heterocycles. The molecule has 18 heavy (non-hydrogen) atoms. The molecule has 0 aliphatic carbocycles. The van der Waals surface area contributed by atoms with Gasteiger partial charge in [0.2, 0.25) is 5.91 Å². The zero-order valence-corrected chi connectivity index (χ0v) is 11.3. The Balaban J connectivity index is 2.64. The van der Waals surface area contributed by atoms with Gasteiger partial charge in [0.25, 0.3) is 0 Å². The average Bonchev–Trinajstić information content (AvgIpc) is 2.31. The Hall–Kier alpha value is -1.39. The summed E-state index contributed by atoms with van der Waals surface area (Å²) in [4.78, 5) is 11.9. The fourth-order valence-corrected chi connectivity index (χ4v) is 1.57. The molecule has 1 atom stereocenters. The summed E-state index contributed by atoms with van der Waals surface area (Å²) in [5.41, 5.74) is 7.64. The van der Waals surface area contributed by atoms with Crippen molar-refractivity contribution in [2.75, 3.05) is 12.4 Å². The van der Waals surface area contributed by atoms with Crippen LogP contribution in [0.3, 0.4) is 0 Å². The first-order chi connectivity index (χ1) is 8.54. The third-order valence-electron chi connectivity index (χ3n) is 2.87. The molecule has 1 rings (SSSR count). The van der Waals surface area contributed by atoms with Crippen molar-refractivity contribution in [2.24, 2.45) is 11.7 Å². The largest absolute Gasteiger partial charge is 0.380 e. The van der Waals surface area contributed by atoms with Gasteiger partial charge in [0.1, 0.15) is 0 Å². The Morgan fingerprint density at radius 1 is 1.39 bits per heavy atom. The van der Waals surface area contributed by atoms with E-state index in [4.69, 9.17) is 10.5 Å². The maximum Gasteiger partial charge on any atom is 0.225 e. The van der Waals surface area contributed by atoms with E-state index in [0.717, 1.165) is 11.3 Å². The molecule has 1 unspecified atom stereocenters. The summed E-state index contributed by atoms with van der Waals surface area (Å²) < 4.78 is 5.09. The molecule has 0 aliphatic rings. The van der Waals surface area contributed by atoms with Crippen LogP contribution in [-0.2, 0) is 16.1 Å². The smallest absolute Gasteiger partial charge is 0.225 e. The highest BCUT2D eigenvalue weighted by molar-refractivity contribution is 5.91. The van der Waals surface area contributed by atoms with E-state index < -0.39 is 0 Å². The molecule has 1 aromatic rings. The van der Waals surface area contributed by atoms with Crippen molar-refractivity contribution in [3.8, 4) is 0 Å². The van der Waals surface area contributed by atoms with E-state index >= 15 is 0 Å². The van der Waals surface area contributed by atoms with Gasteiger partial charge >= 0.3 is 0 Å². The van der Waals surface area contributed by atoms with E-state index in [1.54, 1.807) is 7.11 Å². The van der Waals surface area contributed by atoms with Gasteiger partial charge in [-0.25, -0.2) is 0 Å². The van der Waals surface area contributed by atoms with Gasteiger partial charge in [0.15, 0.2) is 0 Å². The standard InChI is InChI=1S/C14H22N2O2/c1-10(2)12(15)8-14(17)16-13-7-5-4-6-11(13)9-18-3/h4-7,10,12H,8-9,15H2,1-3H3,(H,16,17). The molecule has 3 N–H and O–H groups in total. The fourth-order valence-electron chi connectivity index (χ4n) is 1.57. The lowest BCUT2D eigenvalue weighted by atomic mass is 10.0.